The molecule has 0 aromatic carbocycles. The van der Waals surface area contributed by atoms with Gasteiger partial charge in [0.2, 0.25) is 5.91 Å². The molecule has 1 saturated heterocycles. The number of rotatable bonds is 6. The van der Waals surface area contributed by atoms with Crippen molar-refractivity contribution in [3.05, 3.63) is 61.1 Å². The van der Waals surface area contributed by atoms with Gasteiger partial charge in [0, 0.05) is 36.4 Å². The Bertz CT molecular complexity index is 1010. The number of hydrogen-bond donors (Lipinski definition) is 1. The highest BCUT2D eigenvalue weighted by molar-refractivity contribution is 5.83. The molecule has 0 spiro atoms. The van der Waals surface area contributed by atoms with Crippen LogP contribution in [0.5, 0.6) is 0 Å². The van der Waals surface area contributed by atoms with E-state index in [-0.39, 0.29) is 18.0 Å². The third kappa shape index (κ3) is 4.55. The molecule has 0 bridgehead atoms. The van der Waals surface area contributed by atoms with Crippen LogP contribution in [0, 0.1) is 0 Å². The van der Waals surface area contributed by atoms with Crippen LogP contribution < -0.4 is 5.32 Å². The molecule has 3 aromatic rings. The van der Waals surface area contributed by atoms with E-state index in [1.165, 1.54) is 0 Å². The van der Waals surface area contributed by atoms with E-state index >= 15 is 0 Å². The van der Waals surface area contributed by atoms with Crippen molar-refractivity contribution in [2.75, 3.05) is 13.1 Å². The molecule has 1 aliphatic carbocycles. The summed E-state index contributed by atoms with van der Waals surface area (Å²) >= 11 is 0. The zero-order chi connectivity index (χ0) is 21.8. The Kier molecular flexibility index (Phi) is 6.20. The molecule has 2 aliphatic rings. The van der Waals surface area contributed by atoms with Gasteiger partial charge in [-0.25, -0.2) is 9.97 Å². The molecule has 1 unspecified atom stereocenters. The van der Waals surface area contributed by atoms with Gasteiger partial charge in [0.15, 0.2) is 0 Å². The SMILES string of the molecule is O=C(NC1CCC(n2cc(-c3ccncn3)cn2)CC1)C(c1cccnc1)N1CCCC1. The first-order chi connectivity index (χ1) is 15.8. The maximum Gasteiger partial charge on any atom is 0.242 e. The Morgan fingerprint density at radius 2 is 1.88 bits per heavy atom. The molecule has 1 N–H and O–H groups in total. The minimum Gasteiger partial charge on any atom is -0.352 e. The number of likely N-dealkylation sites (tertiary alicyclic amines) is 1. The van der Waals surface area contributed by atoms with Crippen molar-refractivity contribution < 1.29 is 4.79 Å². The van der Waals surface area contributed by atoms with Crippen molar-refractivity contribution in [3.63, 3.8) is 0 Å². The van der Waals surface area contributed by atoms with E-state index < -0.39 is 0 Å². The lowest BCUT2D eigenvalue weighted by Gasteiger charge is -2.32. The fraction of sp³-hybridized carbons (Fsp3) is 0.458. The van der Waals surface area contributed by atoms with Gasteiger partial charge >= 0.3 is 0 Å². The Labute approximate surface area is 188 Å². The summed E-state index contributed by atoms with van der Waals surface area (Å²) in [4.78, 5) is 28.1. The molecule has 8 nitrogen and oxygen atoms in total. The van der Waals surface area contributed by atoms with Crippen molar-refractivity contribution >= 4 is 5.91 Å². The smallest absolute Gasteiger partial charge is 0.242 e. The zero-order valence-corrected chi connectivity index (χ0v) is 18.2. The Hall–Kier alpha value is -3.13. The predicted molar refractivity (Wildman–Crippen MR) is 120 cm³/mol. The molecular weight excluding hydrogens is 402 g/mol. The number of carbonyl (C=O) groups excluding carboxylic acids is 1. The zero-order valence-electron chi connectivity index (χ0n) is 18.2. The lowest BCUT2D eigenvalue weighted by atomic mass is 9.91. The van der Waals surface area contributed by atoms with Crippen molar-refractivity contribution in [2.24, 2.45) is 0 Å². The number of pyridine rings is 1. The second-order valence-electron chi connectivity index (χ2n) is 8.75. The summed E-state index contributed by atoms with van der Waals surface area (Å²) in [5, 5.41) is 7.92. The topological polar surface area (TPSA) is 88.8 Å². The van der Waals surface area contributed by atoms with E-state index in [0.717, 1.165) is 68.4 Å². The van der Waals surface area contributed by atoms with Crippen LogP contribution in [0.15, 0.2) is 55.5 Å². The molecule has 3 aromatic heterocycles. The van der Waals surface area contributed by atoms with E-state index in [1.807, 2.05) is 30.6 Å². The van der Waals surface area contributed by atoms with Crippen molar-refractivity contribution in [2.45, 2.75) is 56.7 Å². The monoisotopic (exact) mass is 431 g/mol. The average molecular weight is 432 g/mol. The molecular formula is C24H29N7O. The number of nitrogens with zero attached hydrogens (tertiary/aromatic N) is 6. The van der Waals surface area contributed by atoms with Crippen LogP contribution in [-0.4, -0.2) is 54.7 Å². The third-order valence-electron chi connectivity index (χ3n) is 6.65. The first-order valence-electron chi connectivity index (χ1n) is 11.5. The van der Waals surface area contributed by atoms with Gasteiger partial charge < -0.3 is 5.32 Å². The Morgan fingerprint density at radius 1 is 1.03 bits per heavy atom. The van der Waals surface area contributed by atoms with Gasteiger partial charge in [0.25, 0.3) is 0 Å². The van der Waals surface area contributed by atoms with Crippen molar-refractivity contribution in [3.8, 4) is 11.3 Å². The second-order valence-corrected chi connectivity index (χ2v) is 8.75. The molecule has 1 saturated carbocycles. The lowest BCUT2D eigenvalue weighted by Crippen LogP contribution is -2.45. The van der Waals surface area contributed by atoms with Gasteiger partial charge in [-0.3, -0.25) is 19.4 Å². The molecule has 4 heterocycles. The summed E-state index contributed by atoms with van der Waals surface area (Å²) in [6.07, 6.45) is 17.0. The summed E-state index contributed by atoms with van der Waals surface area (Å²) < 4.78 is 2.05. The standard InChI is InChI=1S/C24H29N7O/c32-24(23(30-12-1-2-13-30)18-4-3-10-25-14-18)29-20-5-7-21(8-6-20)31-16-19(15-28-31)22-9-11-26-17-27-22/h3-4,9-11,14-17,20-21,23H,1-2,5-8,12-13H2,(H,29,32). The quantitative estimate of drug-likeness (QED) is 0.645. The predicted octanol–water partition coefficient (Wildman–Crippen LogP) is 3.17. The van der Waals surface area contributed by atoms with Crippen LogP contribution in [0.4, 0.5) is 0 Å². The number of amides is 1. The molecule has 8 heteroatoms. The van der Waals surface area contributed by atoms with Crippen LogP contribution >= 0.6 is 0 Å². The maximum absolute atomic E-state index is 13.3. The van der Waals surface area contributed by atoms with Gasteiger partial charge in [-0.1, -0.05) is 6.07 Å². The minimum absolute atomic E-state index is 0.105. The van der Waals surface area contributed by atoms with Crippen molar-refractivity contribution in [1.29, 1.82) is 0 Å². The third-order valence-corrected chi connectivity index (χ3v) is 6.65. The molecule has 166 valence electrons. The number of carbonyl (C=O) groups is 1. The van der Waals surface area contributed by atoms with Gasteiger partial charge in [0.05, 0.1) is 17.9 Å². The highest BCUT2D eigenvalue weighted by Crippen LogP contribution is 2.31. The molecule has 5 rings (SSSR count). The average Bonchev–Trinajstić information content (AvgIpc) is 3.54. The molecule has 0 radical (unpaired) electrons. The summed E-state index contributed by atoms with van der Waals surface area (Å²) in [6, 6.07) is 6.14. The summed E-state index contributed by atoms with van der Waals surface area (Å²) in [6.45, 7) is 1.93. The van der Waals surface area contributed by atoms with Crippen LogP contribution in [0.1, 0.15) is 56.2 Å². The number of hydrogen-bond acceptors (Lipinski definition) is 6. The van der Waals surface area contributed by atoms with Crippen molar-refractivity contribution in [1.82, 2.24) is 34.9 Å². The fourth-order valence-electron chi connectivity index (χ4n) is 4.96. The largest absolute Gasteiger partial charge is 0.352 e. The first kappa shape index (κ1) is 20.8. The molecule has 2 fully saturated rings. The summed E-state index contributed by atoms with van der Waals surface area (Å²) in [7, 11) is 0. The van der Waals surface area contributed by atoms with Gasteiger partial charge in [-0.05, 0) is 69.3 Å². The fourth-order valence-corrected chi connectivity index (χ4v) is 4.96. The minimum atomic E-state index is -0.245. The highest BCUT2D eigenvalue weighted by Gasteiger charge is 2.32. The second kappa shape index (κ2) is 9.56. The highest BCUT2D eigenvalue weighted by atomic mass is 16.2. The number of aromatic nitrogens is 5. The van der Waals surface area contributed by atoms with Crippen LogP contribution in [0.25, 0.3) is 11.3 Å². The molecule has 1 amide bonds. The maximum atomic E-state index is 13.3. The van der Waals surface area contributed by atoms with Crippen LogP contribution in [0.2, 0.25) is 0 Å². The first-order valence-corrected chi connectivity index (χ1v) is 11.5. The normalized spacial score (nSPS) is 22.5. The Balaban J connectivity index is 1.20. The van der Waals surface area contributed by atoms with Crippen LogP contribution in [-0.2, 0) is 4.79 Å². The van der Waals surface area contributed by atoms with E-state index in [9.17, 15) is 4.79 Å². The Morgan fingerprint density at radius 3 is 2.59 bits per heavy atom. The lowest BCUT2D eigenvalue weighted by molar-refractivity contribution is -0.127. The van der Waals surface area contributed by atoms with Gasteiger partial charge in [-0.15, -0.1) is 0 Å². The van der Waals surface area contributed by atoms with Gasteiger partial charge in [-0.2, -0.15) is 5.10 Å². The summed E-state index contributed by atoms with van der Waals surface area (Å²) in [5.41, 5.74) is 2.87. The van der Waals surface area contributed by atoms with E-state index in [2.05, 4.69) is 41.1 Å². The van der Waals surface area contributed by atoms with E-state index in [0.29, 0.717) is 6.04 Å². The molecule has 32 heavy (non-hydrogen) atoms. The number of nitrogens with one attached hydrogen (secondary N) is 1. The van der Waals surface area contributed by atoms with E-state index in [1.54, 1.807) is 18.7 Å². The molecule has 1 aliphatic heterocycles. The summed E-state index contributed by atoms with van der Waals surface area (Å²) in [5.74, 6) is 0.105. The van der Waals surface area contributed by atoms with Crippen LogP contribution in [0.3, 0.4) is 0 Å². The molecule has 1 atom stereocenters. The van der Waals surface area contributed by atoms with Gasteiger partial charge in [0.1, 0.15) is 12.4 Å². The van der Waals surface area contributed by atoms with E-state index in [4.69, 9.17) is 0 Å².